The van der Waals surface area contributed by atoms with Crippen molar-refractivity contribution in [1.82, 2.24) is 4.90 Å². The molecule has 0 saturated carbocycles. The smallest absolute Gasteiger partial charge is 0.0595 e. The SMILES string of the molecule is CC(C)N1C[C@H](c2ccc(Cl)c(Cl)c2)[C@@H](C)C1. The molecule has 1 heterocycles. The molecule has 1 fully saturated rings. The Hall–Kier alpha value is -0.240. The summed E-state index contributed by atoms with van der Waals surface area (Å²) in [6.45, 7) is 9.11. The van der Waals surface area contributed by atoms with Gasteiger partial charge in [0, 0.05) is 25.0 Å². The summed E-state index contributed by atoms with van der Waals surface area (Å²) < 4.78 is 0. The van der Waals surface area contributed by atoms with Gasteiger partial charge in [-0.15, -0.1) is 0 Å². The lowest BCUT2D eigenvalue weighted by atomic mass is 9.90. The Morgan fingerprint density at radius 3 is 2.41 bits per heavy atom. The summed E-state index contributed by atoms with van der Waals surface area (Å²) in [5, 5.41) is 1.31. The zero-order valence-corrected chi connectivity index (χ0v) is 12.1. The maximum Gasteiger partial charge on any atom is 0.0595 e. The van der Waals surface area contributed by atoms with Gasteiger partial charge in [0.25, 0.3) is 0 Å². The van der Waals surface area contributed by atoms with Gasteiger partial charge < -0.3 is 4.90 Å². The van der Waals surface area contributed by atoms with E-state index < -0.39 is 0 Å². The molecule has 94 valence electrons. The van der Waals surface area contributed by atoms with Crippen LogP contribution in [-0.2, 0) is 0 Å². The Labute approximate surface area is 114 Å². The molecule has 1 saturated heterocycles. The van der Waals surface area contributed by atoms with E-state index in [4.69, 9.17) is 23.2 Å². The molecule has 0 N–H and O–H groups in total. The van der Waals surface area contributed by atoms with Gasteiger partial charge in [0.2, 0.25) is 0 Å². The number of nitrogens with zero attached hydrogens (tertiary/aromatic N) is 1. The molecule has 17 heavy (non-hydrogen) atoms. The van der Waals surface area contributed by atoms with Crippen LogP contribution in [0.25, 0.3) is 0 Å². The van der Waals surface area contributed by atoms with Crippen molar-refractivity contribution >= 4 is 23.2 Å². The van der Waals surface area contributed by atoms with Crippen LogP contribution in [0.4, 0.5) is 0 Å². The van der Waals surface area contributed by atoms with Gasteiger partial charge in [-0.05, 0) is 37.5 Å². The zero-order chi connectivity index (χ0) is 12.6. The van der Waals surface area contributed by atoms with E-state index in [1.807, 2.05) is 12.1 Å². The molecule has 0 spiro atoms. The van der Waals surface area contributed by atoms with E-state index in [1.165, 1.54) is 12.1 Å². The summed E-state index contributed by atoms with van der Waals surface area (Å²) in [4.78, 5) is 2.53. The minimum atomic E-state index is 0.576. The molecular weight excluding hydrogens is 253 g/mol. The Morgan fingerprint density at radius 2 is 1.88 bits per heavy atom. The first-order valence-corrected chi connectivity index (χ1v) is 6.93. The van der Waals surface area contributed by atoms with Crippen molar-refractivity contribution in [3.05, 3.63) is 33.8 Å². The second-order valence-corrected chi connectivity index (χ2v) is 6.12. The lowest BCUT2D eigenvalue weighted by molar-refractivity contribution is 0.266. The van der Waals surface area contributed by atoms with Crippen molar-refractivity contribution in [1.29, 1.82) is 0 Å². The van der Waals surface area contributed by atoms with Crippen molar-refractivity contribution in [2.75, 3.05) is 13.1 Å². The lowest BCUT2D eigenvalue weighted by Gasteiger charge is -2.20. The van der Waals surface area contributed by atoms with Crippen LogP contribution in [0.15, 0.2) is 18.2 Å². The van der Waals surface area contributed by atoms with Crippen LogP contribution < -0.4 is 0 Å². The molecule has 0 aromatic heterocycles. The molecule has 0 radical (unpaired) electrons. The highest BCUT2D eigenvalue weighted by Gasteiger charge is 2.31. The van der Waals surface area contributed by atoms with Gasteiger partial charge in [-0.2, -0.15) is 0 Å². The van der Waals surface area contributed by atoms with Gasteiger partial charge in [0.05, 0.1) is 10.0 Å². The molecule has 2 atom stereocenters. The van der Waals surface area contributed by atoms with E-state index in [0.29, 0.717) is 27.9 Å². The highest BCUT2D eigenvalue weighted by Crippen LogP contribution is 2.35. The van der Waals surface area contributed by atoms with Crippen molar-refractivity contribution in [3.63, 3.8) is 0 Å². The number of hydrogen-bond donors (Lipinski definition) is 0. The predicted molar refractivity (Wildman–Crippen MR) is 75.1 cm³/mol. The van der Waals surface area contributed by atoms with E-state index in [2.05, 4.69) is 31.7 Å². The van der Waals surface area contributed by atoms with Crippen LogP contribution >= 0.6 is 23.2 Å². The molecule has 0 amide bonds. The lowest BCUT2D eigenvalue weighted by Crippen LogP contribution is -2.28. The Morgan fingerprint density at radius 1 is 1.18 bits per heavy atom. The van der Waals surface area contributed by atoms with Crippen LogP contribution in [0, 0.1) is 5.92 Å². The number of halogens is 2. The predicted octanol–water partition coefficient (Wildman–Crippen LogP) is 4.44. The Balaban J connectivity index is 2.20. The average molecular weight is 272 g/mol. The van der Waals surface area contributed by atoms with Crippen LogP contribution in [-0.4, -0.2) is 24.0 Å². The van der Waals surface area contributed by atoms with Gasteiger partial charge in [-0.1, -0.05) is 36.2 Å². The highest BCUT2D eigenvalue weighted by molar-refractivity contribution is 6.42. The third kappa shape index (κ3) is 2.78. The Bertz CT molecular complexity index is 403. The first-order valence-electron chi connectivity index (χ1n) is 6.18. The third-order valence-corrected chi connectivity index (χ3v) is 4.48. The molecule has 1 nitrogen and oxygen atoms in total. The molecule has 0 aliphatic carbocycles. The molecule has 0 unspecified atom stereocenters. The molecule has 1 aliphatic heterocycles. The molecule has 0 bridgehead atoms. The topological polar surface area (TPSA) is 3.24 Å². The van der Waals surface area contributed by atoms with E-state index in [-0.39, 0.29) is 0 Å². The van der Waals surface area contributed by atoms with Crippen LogP contribution in [0.2, 0.25) is 10.0 Å². The standard InChI is InChI=1S/C14H19Cl2N/c1-9(2)17-7-10(3)12(8-17)11-4-5-13(15)14(16)6-11/h4-6,9-10,12H,7-8H2,1-3H3/t10-,12-/m0/s1. The summed E-state index contributed by atoms with van der Waals surface area (Å²) in [5.74, 6) is 1.25. The first kappa shape index (κ1) is 13.2. The fourth-order valence-electron chi connectivity index (χ4n) is 2.60. The van der Waals surface area contributed by atoms with Crippen LogP contribution in [0.5, 0.6) is 0 Å². The van der Waals surface area contributed by atoms with Crippen molar-refractivity contribution in [2.24, 2.45) is 5.92 Å². The van der Waals surface area contributed by atoms with E-state index in [0.717, 1.165) is 6.54 Å². The molecule has 2 rings (SSSR count). The number of rotatable bonds is 2. The normalized spacial score (nSPS) is 25.8. The minimum absolute atomic E-state index is 0.576. The summed E-state index contributed by atoms with van der Waals surface area (Å²) in [6.07, 6.45) is 0. The van der Waals surface area contributed by atoms with E-state index >= 15 is 0 Å². The van der Waals surface area contributed by atoms with E-state index in [9.17, 15) is 0 Å². The van der Waals surface area contributed by atoms with Crippen LogP contribution in [0.1, 0.15) is 32.3 Å². The van der Waals surface area contributed by atoms with Crippen molar-refractivity contribution in [3.8, 4) is 0 Å². The molecular formula is C14H19Cl2N. The van der Waals surface area contributed by atoms with E-state index in [1.54, 1.807) is 0 Å². The maximum atomic E-state index is 6.09. The summed E-state index contributed by atoms with van der Waals surface area (Å²) in [7, 11) is 0. The molecule has 1 aromatic carbocycles. The summed E-state index contributed by atoms with van der Waals surface area (Å²) in [5.41, 5.74) is 1.31. The average Bonchev–Trinajstić information content (AvgIpc) is 2.65. The fraction of sp³-hybridized carbons (Fsp3) is 0.571. The van der Waals surface area contributed by atoms with Crippen molar-refractivity contribution < 1.29 is 0 Å². The quantitative estimate of drug-likeness (QED) is 0.769. The van der Waals surface area contributed by atoms with Gasteiger partial charge in [-0.3, -0.25) is 0 Å². The first-order chi connectivity index (χ1) is 7.99. The number of benzene rings is 1. The molecule has 3 heteroatoms. The highest BCUT2D eigenvalue weighted by atomic mass is 35.5. The van der Waals surface area contributed by atoms with Gasteiger partial charge in [0.15, 0.2) is 0 Å². The molecule has 1 aromatic rings. The minimum Gasteiger partial charge on any atom is -0.300 e. The largest absolute Gasteiger partial charge is 0.300 e. The van der Waals surface area contributed by atoms with Crippen LogP contribution in [0.3, 0.4) is 0 Å². The second kappa shape index (κ2) is 5.17. The zero-order valence-electron chi connectivity index (χ0n) is 10.6. The van der Waals surface area contributed by atoms with Gasteiger partial charge in [-0.25, -0.2) is 0 Å². The maximum absolute atomic E-state index is 6.09. The number of hydrogen-bond acceptors (Lipinski definition) is 1. The third-order valence-electron chi connectivity index (χ3n) is 3.74. The van der Waals surface area contributed by atoms with Gasteiger partial charge in [0.1, 0.15) is 0 Å². The van der Waals surface area contributed by atoms with Crippen molar-refractivity contribution in [2.45, 2.75) is 32.7 Å². The summed E-state index contributed by atoms with van der Waals surface area (Å²) in [6, 6.07) is 6.66. The monoisotopic (exact) mass is 271 g/mol. The second-order valence-electron chi connectivity index (χ2n) is 5.30. The number of likely N-dealkylation sites (tertiary alicyclic amines) is 1. The van der Waals surface area contributed by atoms with Gasteiger partial charge >= 0.3 is 0 Å². The molecule has 1 aliphatic rings. The Kier molecular flexibility index (Phi) is 4.02. The fourth-order valence-corrected chi connectivity index (χ4v) is 2.91. The summed E-state index contributed by atoms with van der Waals surface area (Å²) >= 11 is 12.1.